The molecule has 0 aromatic carbocycles. The van der Waals surface area contributed by atoms with E-state index in [2.05, 4.69) is 4.98 Å². The molecule has 1 atom stereocenters. The van der Waals surface area contributed by atoms with E-state index < -0.39 is 5.60 Å². The van der Waals surface area contributed by atoms with Crippen LogP contribution < -0.4 is 0 Å². The van der Waals surface area contributed by atoms with Crippen molar-refractivity contribution >= 4 is 11.9 Å². The molecule has 1 aliphatic rings. The first kappa shape index (κ1) is 19.4. The number of ketones is 1. The van der Waals surface area contributed by atoms with Gasteiger partial charge in [0.15, 0.2) is 5.78 Å². The number of pyridine rings is 1. The van der Waals surface area contributed by atoms with Crippen molar-refractivity contribution in [2.45, 2.75) is 51.7 Å². The Labute approximate surface area is 150 Å². The number of piperidine rings is 1. The number of nitrogens with zero attached hydrogens (tertiary/aromatic N) is 3. The van der Waals surface area contributed by atoms with Crippen LogP contribution in [0.4, 0.5) is 4.79 Å². The highest BCUT2D eigenvalue weighted by atomic mass is 16.6. The molecule has 6 nitrogen and oxygen atoms in total. The number of likely N-dealkylation sites (tertiary alicyclic amines) is 1. The lowest BCUT2D eigenvalue weighted by Crippen LogP contribution is -2.50. The van der Waals surface area contributed by atoms with Gasteiger partial charge in [-0.15, -0.1) is 0 Å². The molecule has 25 heavy (non-hydrogen) atoms. The molecular formula is C19H29N3O3. The molecule has 2 rings (SSSR count). The van der Waals surface area contributed by atoms with E-state index >= 15 is 0 Å². The maximum atomic E-state index is 12.5. The summed E-state index contributed by atoms with van der Waals surface area (Å²) in [4.78, 5) is 32.6. The summed E-state index contributed by atoms with van der Waals surface area (Å²) >= 11 is 0. The number of Topliss-reactive ketones (excluding diaryl/α,β-unsaturated/α-hetero) is 1. The SMILES string of the molecule is CN(CC(=O)c1ccccn1)C[C@@H]1CCCCN1C(=O)OC(C)(C)C. The summed E-state index contributed by atoms with van der Waals surface area (Å²) in [7, 11) is 1.91. The number of ether oxygens (including phenoxy) is 1. The number of carbonyl (C=O) groups is 2. The molecule has 0 unspecified atom stereocenters. The Kier molecular flexibility index (Phi) is 6.53. The zero-order valence-corrected chi connectivity index (χ0v) is 15.7. The first-order valence-electron chi connectivity index (χ1n) is 8.88. The van der Waals surface area contributed by atoms with E-state index in [4.69, 9.17) is 4.74 Å². The molecule has 1 fully saturated rings. The van der Waals surface area contributed by atoms with Crippen LogP contribution in [0.5, 0.6) is 0 Å². The van der Waals surface area contributed by atoms with Gasteiger partial charge >= 0.3 is 6.09 Å². The summed E-state index contributed by atoms with van der Waals surface area (Å²) in [5.74, 6) is -0.0114. The van der Waals surface area contributed by atoms with Gasteiger partial charge in [-0.2, -0.15) is 0 Å². The lowest BCUT2D eigenvalue weighted by Gasteiger charge is -2.38. The molecule has 0 radical (unpaired) electrons. The predicted octanol–water partition coefficient (Wildman–Crippen LogP) is 2.99. The maximum absolute atomic E-state index is 12.5. The highest BCUT2D eigenvalue weighted by Gasteiger charge is 2.31. The van der Waals surface area contributed by atoms with E-state index in [0.29, 0.717) is 18.8 Å². The molecule has 0 bridgehead atoms. The molecule has 1 aliphatic heterocycles. The van der Waals surface area contributed by atoms with Crippen molar-refractivity contribution < 1.29 is 14.3 Å². The molecule has 0 saturated carbocycles. The standard InChI is InChI=1S/C19H29N3O3/c1-19(2,3)25-18(24)22-12-8-6-9-15(22)13-21(4)14-17(23)16-10-5-7-11-20-16/h5,7,10-11,15H,6,8-9,12-14H2,1-4H3/t15-/m0/s1. The molecule has 2 heterocycles. The smallest absolute Gasteiger partial charge is 0.410 e. The van der Waals surface area contributed by atoms with Crippen molar-refractivity contribution in [1.29, 1.82) is 0 Å². The van der Waals surface area contributed by atoms with Crippen LogP contribution in [-0.2, 0) is 4.74 Å². The number of aromatic nitrogens is 1. The molecule has 0 N–H and O–H groups in total. The van der Waals surface area contributed by atoms with E-state index in [1.165, 1.54) is 0 Å². The number of likely N-dealkylation sites (N-methyl/N-ethyl adjacent to an activating group) is 1. The predicted molar refractivity (Wildman–Crippen MR) is 96.6 cm³/mol. The van der Waals surface area contributed by atoms with Crippen molar-refractivity contribution in [2.75, 3.05) is 26.7 Å². The fourth-order valence-electron chi connectivity index (χ4n) is 3.03. The summed E-state index contributed by atoms with van der Waals surface area (Å²) in [6.07, 6.45) is 4.37. The molecule has 1 aromatic heterocycles. The minimum atomic E-state index is -0.500. The minimum Gasteiger partial charge on any atom is -0.444 e. The lowest BCUT2D eigenvalue weighted by molar-refractivity contribution is 0.00638. The van der Waals surface area contributed by atoms with Crippen LogP contribution >= 0.6 is 0 Å². The number of carbonyl (C=O) groups excluding carboxylic acids is 2. The fraction of sp³-hybridized carbons (Fsp3) is 0.632. The highest BCUT2D eigenvalue weighted by Crippen LogP contribution is 2.21. The molecule has 0 spiro atoms. The van der Waals surface area contributed by atoms with Gasteiger partial charge in [-0.05, 0) is 59.2 Å². The Morgan fingerprint density at radius 1 is 1.32 bits per heavy atom. The normalized spacial score (nSPS) is 18.3. The Hall–Kier alpha value is -1.95. The Morgan fingerprint density at radius 2 is 2.08 bits per heavy atom. The second-order valence-corrected chi connectivity index (χ2v) is 7.66. The highest BCUT2D eigenvalue weighted by molar-refractivity contribution is 5.95. The molecule has 1 saturated heterocycles. The van der Waals surface area contributed by atoms with Gasteiger partial charge in [0.25, 0.3) is 0 Å². The van der Waals surface area contributed by atoms with Gasteiger partial charge in [-0.3, -0.25) is 14.7 Å². The molecule has 1 aromatic rings. The van der Waals surface area contributed by atoms with E-state index in [0.717, 1.165) is 19.3 Å². The lowest BCUT2D eigenvalue weighted by atomic mass is 10.0. The van der Waals surface area contributed by atoms with E-state index in [1.54, 1.807) is 18.3 Å². The van der Waals surface area contributed by atoms with Crippen molar-refractivity contribution in [3.05, 3.63) is 30.1 Å². The average Bonchev–Trinajstić information content (AvgIpc) is 2.54. The monoisotopic (exact) mass is 347 g/mol. The van der Waals surface area contributed by atoms with Crippen LogP contribution in [0, 0.1) is 0 Å². The van der Waals surface area contributed by atoms with E-state index in [9.17, 15) is 9.59 Å². The van der Waals surface area contributed by atoms with Crippen LogP contribution in [0.2, 0.25) is 0 Å². The first-order chi connectivity index (χ1) is 11.8. The Bertz CT molecular complexity index is 583. The van der Waals surface area contributed by atoms with Crippen LogP contribution in [-0.4, -0.2) is 65.0 Å². The zero-order valence-electron chi connectivity index (χ0n) is 15.7. The fourth-order valence-corrected chi connectivity index (χ4v) is 3.03. The number of amides is 1. The number of hydrogen-bond acceptors (Lipinski definition) is 5. The summed E-state index contributed by atoms with van der Waals surface area (Å²) in [6, 6.07) is 5.40. The maximum Gasteiger partial charge on any atom is 0.410 e. The van der Waals surface area contributed by atoms with Gasteiger partial charge < -0.3 is 9.64 Å². The number of rotatable bonds is 5. The van der Waals surface area contributed by atoms with Crippen LogP contribution in [0.15, 0.2) is 24.4 Å². The Balaban J connectivity index is 1.93. The van der Waals surface area contributed by atoms with Crippen LogP contribution in [0.25, 0.3) is 0 Å². The molecule has 6 heteroatoms. The van der Waals surface area contributed by atoms with Gasteiger partial charge in [-0.1, -0.05) is 6.07 Å². The summed E-state index contributed by atoms with van der Waals surface area (Å²) < 4.78 is 5.53. The average molecular weight is 347 g/mol. The molecule has 0 aliphatic carbocycles. The van der Waals surface area contributed by atoms with E-state index in [-0.39, 0.29) is 24.5 Å². The third-order valence-electron chi connectivity index (χ3n) is 4.14. The third-order valence-corrected chi connectivity index (χ3v) is 4.14. The minimum absolute atomic E-state index is 0.0114. The van der Waals surface area contributed by atoms with E-state index in [1.807, 2.05) is 43.7 Å². The number of hydrogen-bond donors (Lipinski definition) is 0. The first-order valence-corrected chi connectivity index (χ1v) is 8.88. The van der Waals surface area contributed by atoms with Gasteiger partial charge in [0.2, 0.25) is 0 Å². The van der Waals surface area contributed by atoms with Crippen molar-refractivity contribution in [1.82, 2.24) is 14.8 Å². The molecule has 138 valence electrons. The molecular weight excluding hydrogens is 318 g/mol. The summed E-state index contributed by atoms with van der Waals surface area (Å²) in [5, 5.41) is 0. The topological polar surface area (TPSA) is 62.7 Å². The van der Waals surface area contributed by atoms with Crippen molar-refractivity contribution in [2.24, 2.45) is 0 Å². The van der Waals surface area contributed by atoms with Crippen molar-refractivity contribution in [3.63, 3.8) is 0 Å². The third kappa shape index (κ3) is 6.12. The zero-order chi connectivity index (χ0) is 18.4. The van der Waals surface area contributed by atoms with Crippen LogP contribution in [0.1, 0.15) is 50.5 Å². The largest absolute Gasteiger partial charge is 0.444 e. The molecule has 1 amide bonds. The van der Waals surface area contributed by atoms with Crippen molar-refractivity contribution in [3.8, 4) is 0 Å². The summed E-state index contributed by atoms with van der Waals surface area (Å²) in [6.45, 7) is 7.28. The Morgan fingerprint density at radius 3 is 2.72 bits per heavy atom. The second kappa shape index (κ2) is 8.43. The van der Waals surface area contributed by atoms with Gasteiger partial charge in [-0.25, -0.2) is 4.79 Å². The summed E-state index contributed by atoms with van der Waals surface area (Å²) in [5.41, 5.74) is -0.0260. The second-order valence-electron chi connectivity index (χ2n) is 7.66. The van der Waals surface area contributed by atoms with Gasteiger partial charge in [0.05, 0.1) is 6.54 Å². The van der Waals surface area contributed by atoms with Crippen LogP contribution in [0.3, 0.4) is 0 Å². The van der Waals surface area contributed by atoms with Gasteiger partial charge in [0, 0.05) is 25.3 Å². The quantitative estimate of drug-likeness (QED) is 0.766. The van der Waals surface area contributed by atoms with Gasteiger partial charge in [0.1, 0.15) is 11.3 Å².